The van der Waals surface area contributed by atoms with Gasteiger partial charge in [-0.3, -0.25) is 0 Å². The summed E-state index contributed by atoms with van der Waals surface area (Å²) in [4.78, 5) is 0. The van der Waals surface area contributed by atoms with Gasteiger partial charge in [0.05, 0.1) is 7.11 Å². The van der Waals surface area contributed by atoms with Gasteiger partial charge in [0, 0.05) is 11.6 Å². The van der Waals surface area contributed by atoms with Crippen molar-refractivity contribution in [3.8, 4) is 11.5 Å². The highest BCUT2D eigenvalue weighted by molar-refractivity contribution is 5.36. The molecule has 0 N–H and O–H groups in total. The van der Waals surface area contributed by atoms with Crippen molar-refractivity contribution in [3.63, 3.8) is 0 Å². The van der Waals surface area contributed by atoms with E-state index in [1.165, 1.54) is 13.2 Å². The highest BCUT2D eigenvalue weighted by atomic mass is 19.1. The Morgan fingerprint density at radius 3 is 2.53 bits per heavy atom. The zero-order valence-corrected chi connectivity index (χ0v) is 11.4. The van der Waals surface area contributed by atoms with Crippen LogP contribution in [0.4, 0.5) is 4.39 Å². The SMILES string of the molecule is COc1ccc(COc2cc(C)ccc2C)c(F)c1. The van der Waals surface area contributed by atoms with E-state index in [1.807, 2.05) is 32.0 Å². The van der Waals surface area contributed by atoms with E-state index in [-0.39, 0.29) is 12.4 Å². The van der Waals surface area contributed by atoms with Crippen molar-refractivity contribution in [2.24, 2.45) is 0 Å². The summed E-state index contributed by atoms with van der Waals surface area (Å²) in [6.45, 7) is 4.18. The Labute approximate surface area is 112 Å². The van der Waals surface area contributed by atoms with Gasteiger partial charge in [0.1, 0.15) is 23.9 Å². The molecule has 19 heavy (non-hydrogen) atoms. The van der Waals surface area contributed by atoms with Gasteiger partial charge in [-0.05, 0) is 43.2 Å². The molecular formula is C16H17FO2. The Kier molecular flexibility index (Phi) is 4.05. The quantitative estimate of drug-likeness (QED) is 0.826. The molecule has 3 heteroatoms. The van der Waals surface area contributed by atoms with Gasteiger partial charge < -0.3 is 9.47 Å². The van der Waals surface area contributed by atoms with Gasteiger partial charge in [-0.15, -0.1) is 0 Å². The Morgan fingerprint density at radius 1 is 1.05 bits per heavy atom. The van der Waals surface area contributed by atoms with Crippen molar-refractivity contribution in [2.45, 2.75) is 20.5 Å². The monoisotopic (exact) mass is 260 g/mol. The van der Waals surface area contributed by atoms with Crippen LogP contribution in [-0.4, -0.2) is 7.11 Å². The third kappa shape index (κ3) is 3.25. The van der Waals surface area contributed by atoms with E-state index >= 15 is 0 Å². The van der Waals surface area contributed by atoms with Gasteiger partial charge in [0.2, 0.25) is 0 Å². The average Bonchev–Trinajstić information content (AvgIpc) is 2.40. The predicted octanol–water partition coefficient (Wildman–Crippen LogP) is 4.03. The molecule has 2 aromatic rings. The molecular weight excluding hydrogens is 243 g/mol. The third-order valence-corrected chi connectivity index (χ3v) is 2.99. The van der Waals surface area contributed by atoms with Crippen LogP contribution in [0.2, 0.25) is 0 Å². The Bertz CT molecular complexity index is 579. The maximum absolute atomic E-state index is 13.8. The van der Waals surface area contributed by atoms with E-state index in [0.29, 0.717) is 11.3 Å². The number of benzene rings is 2. The maximum Gasteiger partial charge on any atom is 0.133 e. The second kappa shape index (κ2) is 5.74. The van der Waals surface area contributed by atoms with Crippen LogP contribution in [0.1, 0.15) is 16.7 Å². The summed E-state index contributed by atoms with van der Waals surface area (Å²) in [5, 5.41) is 0. The fraction of sp³-hybridized carbons (Fsp3) is 0.250. The number of ether oxygens (including phenoxy) is 2. The van der Waals surface area contributed by atoms with Crippen LogP contribution in [0.15, 0.2) is 36.4 Å². The molecule has 2 rings (SSSR count). The van der Waals surface area contributed by atoms with Gasteiger partial charge in [-0.25, -0.2) is 4.39 Å². The van der Waals surface area contributed by atoms with Crippen LogP contribution in [0.5, 0.6) is 11.5 Å². The van der Waals surface area contributed by atoms with E-state index in [1.54, 1.807) is 12.1 Å². The Balaban J connectivity index is 2.12. The smallest absolute Gasteiger partial charge is 0.133 e. The lowest BCUT2D eigenvalue weighted by Gasteiger charge is -2.11. The molecule has 0 unspecified atom stereocenters. The molecule has 0 aromatic heterocycles. The summed E-state index contributed by atoms with van der Waals surface area (Å²) in [6, 6.07) is 10.7. The first-order chi connectivity index (χ1) is 9.10. The van der Waals surface area contributed by atoms with Crippen LogP contribution < -0.4 is 9.47 Å². The summed E-state index contributed by atoms with van der Waals surface area (Å²) in [7, 11) is 1.51. The molecule has 100 valence electrons. The van der Waals surface area contributed by atoms with Crippen LogP contribution in [-0.2, 0) is 6.61 Å². The highest BCUT2D eigenvalue weighted by Crippen LogP contribution is 2.22. The Morgan fingerprint density at radius 2 is 1.84 bits per heavy atom. The number of hydrogen-bond acceptors (Lipinski definition) is 2. The molecule has 0 fully saturated rings. The molecule has 0 saturated carbocycles. The first-order valence-corrected chi connectivity index (χ1v) is 6.12. The van der Waals surface area contributed by atoms with Gasteiger partial charge in [0.15, 0.2) is 0 Å². The van der Waals surface area contributed by atoms with Crippen molar-refractivity contribution in [3.05, 3.63) is 58.9 Å². The topological polar surface area (TPSA) is 18.5 Å². The molecule has 0 aliphatic heterocycles. The summed E-state index contributed by atoms with van der Waals surface area (Å²) >= 11 is 0. The molecule has 0 aliphatic rings. The second-order valence-corrected chi connectivity index (χ2v) is 4.51. The predicted molar refractivity (Wildman–Crippen MR) is 73.2 cm³/mol. The largest absolute Gasteiger partial charge is 0.497 e. The van der Waals surface area contributed by atoms with Crippen LogP contribution in [0.3, 0.4) is 0 Å². The minimum absolute atomic E-state index is 0.208. The third-order valence-electron chi connectivity index (χ3n) is 2.99. The number of rotatable bonds is 4. The van der Waals surface area contributed by atoms with E-state index in [0.717, 1.165) is 16.9 Å². The zero-order valence-electron chi connectivity index (χ0n) is 11.4. The van der Waals surface area contributed by atoms with Gasteiger partial charge >= 0.3 is 0 Å². The van der Waals surface area contributed by atoms with E-state index < -0.39 is 0 Å². The molecule has 0 atom stereocenters. The van der Waals surface area contributed by atoms with Crippen molar-refractivity contribution in [2.75, 3.05) is 7.11 Å². The van der Waals surface area contributed by atoms with Crippen LogP contribution >= 0.6 is 0 Å². The fourth-order valence-corrected chi connectivity index (χ4v) is 1.79. The normalized spacial score (nSPS) is 10.3. The summed E-state index contributed by atoms with van der Waals surface area (Å²) in [5.74, 6) is 0.980. The molecule has 0 radical (unpaired) electrons. The first kappa shape index (κ1) is 13.4. The molecule has 0 aliphatic carbocycles. The van der Waals surface area contributed by atoms with Crippen molar-refractivity contribution in [1.82, 2.24) is 0 Å². The number of halogens is 1. The Hall–Kier alpha value is -2.03. The summed E-state index contributed by atoms with van der Waals surface area (Å²) < 4.78 is 24.4. The highest BCUT2D eigenvalue weighted by Gasteiger charge is 2.06. The minimum atomic E-state index is -0.315. The van der Waals surface area contributed by atoms with Crippen molar-refractivity contribution in [1.29, 1.82) is 0 Å². The summed E-state index contributed by atoms with van der Waals surface area (Å²) in [5.41, 5.74) is 2.68. The second-order valence-electron chi connectivity index (χ2n) is 4.51. The van der Waals surface area contributed by atoms with Crippen LogP contribution in [0, 0.1) is 19.7 Å². The number of aryl methyl sites for hydroxylation is 2. The molecule has 2 nitrogen and oxygen atoms in total. The summed E-state index contributed by atoms with van der Waals surface area (Å²) in [6.07, 6.45) is 0. The minimum Gasteiger partial charge on any atom is -0.497 e. The lowest BCUT2D eigenvalue weighted by Crippen LogP contribution is -2.00. The van der Waals surface area contributed by atoms with Crippen molar-refractivity contribution < 1.29 is 13.9 Å². The molecule has 0 saturated heterocycles. The first-order valence-electron chi connectivity index (χ1n) is 6.12. The molecule has 2 aromatic carbocycles. The van der Waals surface area contributed by atoms with Crippen LogP contribution in [0.25, 0.3) is 0 Å². The molecule has 0 spiro atoms. The molecule has 0 bridgehead atoms. The average molecular weight is 260 g/mol. The van der Waals surface area contributed by atoms with E-state index in [2.05, 4.69) is 0 Å². The fourth-order valence-electron chi connectivity index (χ4n) is 1.79. The van der Waals surface area contributed by atoms with E-state index in [9.17, 15) is 4.39 Å². The van der Waals surface area contributed by atoms with Gasteiger partial charge in [-0.2, -0.15) is 0 Å². The number of methoxy groups -OCH3 is 1. The number of hydrogen-bond donors (Lipinski definition) is 0. The molecule has 0 amide bonds. The zero-order chi connectivity index (χ0) is 13.8. The van der Waals surface area contributed by atoms with Gasteiger partial charge in [-0.1, -0.05) is 12.1 Å². The standard InChI is InChI=1S/C16H17FO2/c1-11-4-5-12(2)16(8-11)19-10-13-6-7-14(18-3)9-15(13)17/h4-9H,10H2,1-3H3. The lowest BCUT2D eigenvalue weighted by atomic mass is 10.1. The maximum atomic E-state index is 13.8. The van der Waals surface area contributed by atoms with Gasteiger partial charge in [0.25, 0.3) is 0 Å². The molecule has 0 heterocycles. The lowest BCUT2D eigenvalue weighted by molar-refractivity contribution is 0.297. The van der Waals surface area contributed by atoms with Crippen molar-refractivity contribution >= 4 is 0 Å². The van der Waals surface area contributed by atoms with E-state index in [4.69, 9.17) is 9.47 Å².